The van der Waals surface area contributed by atoms with Gasteiger partial charge in [-0.25, -0.2) is 9.97 Å². The minimum Gasteiger partial charge on any atom is -0.348 e. The Morgan fingerprint density at radius 1 is 1.24 bits per heavy atom. The molecule has 1 N–H and O–H groups in total. The lowest BCUT2D eigenvalue weighted by atomic mass is 9.83. The lowest BCUT2D eigenvalue weighted by molar-refractivity contribution is -0.141. The van der Waals surface area contributed by atoms with Crippen LogP contribution in [-0.4, -0.2) is 60.9 Å². The number of likely N-dealkylation sites (tertiary alicyclic amines) is 2. The van der Waals surface area contributed by atoms with E-state index < -0.39 is 0 Å². The zero-order chi connectivity index (χ0) is 17.1. The summed E-state index contributed by atoms with van der Waals surface area (Å²) >= 11 is 0. The molecule has 0 bridgehead atoms. The number of rotatable bonds is 6. The number of imidazole rings is 2. The SMILES string of the molecule is O=C1CC[C@@H]2CN(Cc3ncc[nH]3)CC[C@@H]2N1CCCn1ccnc1. The van der Waals surface area contributed by atoms with Crippen molar-refractivity contribution in [3.05, 3.63) is 36.9 Å². The van der Waals surface area contributed by atoms with E-state index in [-0.39, 0.29) is 0 Å². The van der Waals surface area contributed by atoms with Gasteiger partial charge in [0, 0.05) is 63.4 Å². The van der Waals surface area contributed by atoms with Gasteiger partial charge in [0.05, 0.1) is 12.9 Å². The fourth-order valence-electron chi connectivity index (χ4n) is 4.30. The number of piperidine rings is 2. The monoisotopic (exact) mass is 342 g/mol. The molecule has 2 aliphatic heterocycles. The van der Waals surface area contributed by atoms with Crippen LogP contribution in [0.15, 0.2) is 31.1 Å². The van der Waals surface area contributed by atoms with Crippen molar-refractivity contribution in [1.82, 2.24) is 29.3 Å². The molecule has 25 heavy (non-hydrogen) atoms. The highest BCUT2D eigenvalue weighted by Crippen LogP contribution is 2.31. The van der Waals surface area contributed by atoms with Gasteiger partial charge in [0.25, 0.3) is 0 Å². The number of H-pyrrole nitrogens is 1. The van der Waals surface area contributed by atoms with E-state index in [9.17, 15) is 4.79 Å². The molecule has 0 unspecified atom stereocenters. The third-order valence-corrected chi connectivity index (χ3v) is 5.53. The number of fused-ring (bicyclic) bond motifs is 1. The zero-order valence-electron chi connectivity index (χ0n) is 14.5. The highest BCUT2D eigenvalue weighted by Gasteiger charge is 2.38. The minimum absolute atomic E-state index is 0.339. The summed E-state index contributed by atoms with van der Waals surface area (Å²) in [6.45, 7) is 4.76. The van der Waals surface area contributed by atoms with Crippen LogP contribution in [0.4, 0.5) is 0 Å². The molecule has 134 valence electrons. The third kappa shape index (κ3) is 3.76. The quantitative estimate of drug-likeness (QED) is 0.864. The van der Waals surface area contributed by atoms with E-state index in [1.165, 1.54) is 0 Å². The summed E-state index contributed by atoms with van der Waals surface area (Å²) < 4.78 is 2.08. The molecule has 0 aliphatic carbocycles. The number of nitrogens with zero attached hydrogens (tertiary/aromatic N) is 5. The average Bonchev–Trinajstić information content (AvgIpc) is 3.31. The molecule has 7 heteroatoms. The van der Waals surface area contributed by atoms with Gasteiger partial charge < -0.3 is 14.5 Å². The molecular formula is C18H26N6O. The number of carbonyl (C=O) groups excluding carboxylic acids is 1. The maximum atomic E-state index is 12.5. The Bertz CT molecular complexity index is 668. The average molecular weight is 342 g/mol. The fourth-order valence-corrected chi connectivity index (χ4v) is 4.30. The Kier molecular flexibility index (Phi) is 4.83. The van der Waals surface area contributed by atoms with Crippen molar-refractivity contribution in [1.29, 1.82) is 0 Å². The van der Waals surface area contributed by atoms with Gasteiger partial charge in [0.1, 0.15) is 5.82 Å². The molecule has 0 spiro atoms. The second kappa shape index (κ2) is 7.39. The Labute approximate surface area is 148 Å². The normalized spacial score (nSPS) is 24.5. The van der Waals surface area contributed by atoms with Gasteiger partial charge in [0.2, 0.25) is 5.91 Å². The van der Waals surface area contributed by atoms with Crippen molar-refractivity contribution in [2.45, 2.75) is 44.8 Å². The van der Waals surface area contributed by atoms with Crippen molar-refractivity contribution < 1.29 is 4.79 Å². The summed E-state index contributed by atoms with van der Waals surface area (Å²) in [6.07, 6.45) is 13.1. The number of carbonyl (C=O) groups is 1. The van der Waals surface area contributed by atoms with Crippen molar-refractivity contribution in [2.75, 3.05) is 19.6 Å². The van der Waals surface area contributed by atoms with Gasteiger partial charge >= 0.3 is 0 Å². The second-order valence-electron chi connectivity index (χ2n) is 7.17. The molecule has 0 saturated carbocycles. The lowest BCUT2D eigenvalue weighted by Gasteiger charge is -2.47. The second-order valence-corrected chi connectivity index (χ2v) is 7.17. The Morgan fingerprint density at radius 2 is 2.20 bits per heavy atom. The minimum atomic E-state index is 0.339. The van der Waals surface area contributed by atoms with Crippen LogP contribution in [-0.2, 0) is 17.9 Å². The molecule has 7 nitrogen and oxygen atoms in total. The van der Waals surface area contributed by atoms with Gasteiger partial charge in [-0.1, -0.05) is 0 Å². The van der Waals surface area contributed by atoms with Crippen molar-refractivity contribution in [3.8, 4) is 0 Å². The standard InChI is InChI=1S/C18H26N6O/c25-18-3-2-15-12-23(13-17-20-5-6-21-17)10-4-16(15)24(18)9-1-8-22-11-7-19-14-22/h5-7,11,14-16H,1-4,8-10,12-13H2,(H,20,21)/t15-,16+/m1/s1. The van der Waals surface area contributed by atoms with Crippen LogP contribution >= 0.6 is 0 Å². The number of hydrogen-bond acceptors (Lipinski definition) is 4. The third-order valence-electron chi connectivity index (χ3n) is 5.53. The van der Waals surface area contributed by atoms with Crippen LogP contribution in [0.5, 0.6) is 0 Å². The van der Waals surface area contributed by atoms with Gasteiger partial charge in [0.15, 0.2) is 0 Å². The molecule has 2 aliphatic rings. The molecule has 2 aromatic heterocycles. The summed E-state index contributed by atoms with van der Waals surface area (Å²) in [5.41, 5.74) is 0. The predicted octanol–water partition coefficient (Wildman–Crippen LogP) is 1.51. The summed E-state index contributed by atoms with van der Waals surface area (Å²) in [4.78, 5) is 28.7. The fraction of sp³-hybridized carbons (Fsp3) is 0.611. The number of amides is 1. The topological polar surface area (TPSA) is 70.1 Å². The Morgan fingerprint density at radius 3 is 3.00 bits per heavy atom. The highest BCUT2D eigenvalue weighted by atomic mass is 16.2. The first kappa shape index (κ1) is 16.3. The summed E-state index contributed by atoms with van der Waals surface area (Å²) in [6, 6.07) is 0.414. The van der Waals surface area contributed by atoms with Crippen molar-refractivity contribution in [2.24, 2.45) is 5.92 Å². The lowest BCUT2D eigenvalue weighted by Crippen LogP contribution is -2.56. The number of aromatic amines is 1. The number of hydrogen-bond donors (Lipinski definition) is 1. The Hall–Kier alpha value is -2.15. The maximum Gasteiger partial charge on any atom is 0.222 e. The first-order valence-electron chi connectivity index (χ1n) is 9.25. The van der Waals surface area contributed by atoms with E-state index in [0.717, 1.165) is 57.8 Å². The number of nitrogens with one attached hydrogen (secondary N) is 1. The van der Waals surface area contributed by atoms with Crippen LogP contribution < -0.4 is 0 Å². The molecule has 4 heterocycles. The first-order valence-corrected chi connectivity index (χ1v) is 9.25. The van der Waals surface area contributed by atoms with Gasteiger partial charge in [-0.15, -0.1) is 0 Å². The molecular weight excluding hydrogens is 316 g/mol. The van der Waals surface area contributed by atoms with Crippen LogP contribution in [0, 0.1) is 5.92 Å². The molecule has 0 radical (unpaired) electrons. The van der Waals surface area contributed by atoms with Gasteiger partial charge in [-0.3, -0.25) is 9.69 Å². The van der Waals surface area contributed by atoms with E-state index in [1.807, 2.05) is 24.9 Å². The molecule has 0 aromatic carbocycles. The molecule has 1 amide bonds. The number of aromatic nitrogens is 4. The van der Waals surface area contributed by atoms with E-state index in [2.05, 4.69) is 29.3 Å². The zero-order valence-corrected chi connectivity index (χ0v) is 14.5. The largest absolute Gasteiger partial charge is 0.348 e. The molecule has 2 fully saturated rings. The first-order chi connectivity index (χ1) is 12.3. The van der Waals surface area contributed by atoms with E-state index >= 15 is 0 Å². The molecule has 4 rings (SSSR count). The van der Waals surface area contributed by atoms with Gasteiger partial charge in [-0.2, -0.15) is 0 Å². The van der Waals surface area contributed by atoms with Crippen LogP contribution in [0.2, 0.25) is 0 Å². The summed E-state index contributed by atoms with van der Waals surface area (Å²) in [5.74, 6) is 1.96. The highest BCUT2D eigenvalue weighted by molar-refractivity contribution is 5.77. The van der Waals surface area contributed by atoms with Crippen LogP contribution in [0.3, 0.4) is 0 Å². The van der Waals surface area contributed by atoms with E-state index in [1.54, 1.807) is 6.20 Å². The molecule has 2 aromatic rings. The van der Waals surface area contributed by atoms with Crippen molar-refractivity contribution >= 4 is 5.91 Å². The molecule has 2 atom stereocenters. The summed E-state index contributed by atoms with van der Waals surface area (Å²) in [5, 5.41) is 0. The Balaban J connectivity index is 1.32. The summed E-state index contributed by atoms with van der Waals surface area (Å²) in [7, 11) is 0. The van der Waals surface area contributed by atoms with Crippen LogP contribution in [0.1, 0.15) is 31.5 Å². The van der Waals surface area contributed by atoms with E-state index in [0.29, 0.717) is 24.3 Å². The van der Waals surface area contributed by atoms with Crippen molar-refractivity contribution in [3.63, 3.8) is 0 Å². The van der Waals surface area contributed by atoms with E-state index in [4.69, 9.17) is 0 Å². The predicted molar refractivity (Wildman–Crippen MR) is 93.6 cm³/mol. The molecule has 2 saturated heterocycles. The maximum absolute atomic E-state index is 12.5. The van der Waals surface area contributed by atoms with Gasteiger partial charge in [-0.05, 0) is 25.2 Å². The number of aryl methyl sites for hydroxylation is 1. The smallest absolute Gasteiger partial charge is 0.222 e. The van der Waals surface area contributed by atoms with Crippen LogP contribution in [0.25, 0.3) is 0 Å².